The molecule has 2 N–H and O–H groups in total. The van der Waals surface area contributed by atoms with E-state index in [-0.39, 0.29) is 0 Å². The number of aryl methyl sites for hydroxylation is 2. The minimum Gasteiger partial charge on any atom is -0.358 e. The highest BCUT2D eigenvalue weighted by atomic mass is 32.1. The van der Waals surface area contributed by atoms with Gasteiger partial charge in [0, 0.05) is 23.9 Å². The molecule has 2 heterocycles. The Balaban J connectivity index is 1.32. The molecule has 0 aliphatic rings. The number of para-hydroxylation sites is 1. The first kappa shape index (κ1) is 24.5. The van der Waals surface area contributed by atoms with Crippen LogP contribution in [0.2, 0.25) is 0 Å². The van der Waals surface area contributed by atoms with E-state index in [1.54, 1.807) is 0 Å². The number of rotatable bonds is 7. The molecule has 0 bridgehead atoms. The van der Waals surface area contributed by atoms with Gasteiger partial charge in [0.05, 0.1) is 35.0 Å². The summed E-state index contributed by atoms with van der Waals surface area (Å²) in [4.78, 5) is 0. The lowest BCUT2D eigenvalue weighted by atomic mass is 10.1. The van der Waals surface area contributed by atoms with Crippen LogP contribution in [0.1, 0.15) is 28.1 Å². The van der Waals surface area contributed by atoms with Crippen LogP contribution in [-0.4, -0.2) is 24.7 Å². The maximum Gasteiger partial charge on any atom is 0.171 e. The summed E-state index contributed by atoms with van der Waals surface area (Å²) in [6.07, 6.45) is 2.06. The minimum atomic E-state index is 0.540. The van der Waals surface area contributed by atoms with Crippen molar-refractivity contribution >= 4 is 23.0 Å². The molecular formula is C30H30N6S. The van der Waals surface area contributed by atoms with Crippen molar-refractivity contribution in [2.45, 2.75) is 33.9 Å². The van der Waals surface area contributed by atoms with Crippen molar-refractivity contribution in [2.24, 2.45) is 0 Å². The van der Waals surface area contributed by atoms with Crippen LogP contribution < -0.4 is 10.6 Å². The van der Waals surface area contributed by atoms with E-state index in [4.69, 9.17) is 22.4 Å². The first-order valence-corrected chi connectivity index (χ1v) is 12.7. The molecule has 37 heavy (non-hydrogen) atoms. The van der Waals surface area contributed by atoms with E-state index in [9.17, 15) is 0 Å². The van der Waals surface area contributed by atoms with Crippen LogP contribution >= 0.6 is 12.2 Å². The Morgan fingerprint density at radius 3 is 2.22 bits per heavy atom. The molecule has 5 rings (SSSR count). The molecule has 3 aromatic carbocycles. The molecule has 0 aliphatic carbocycles. The smallest absolute Gasteiger partial charge is 0.171 e. The lowest BCUT2D eigenvalue weighted by molar-refractivity contribution is 0.657. The van der Waals surface area contributed by atoms with Crippen molar-refractivity contribution in [3.63, 3.8) is 0 Å². The molecule has 0 radical (unpaired) electrons. The Morgan fingerprint density at radius 1 is 0.811 bits per heavy atom. The summed E-state index contributed by atoms with van der Waals surface area (Å²) in [7, 11) is 0. The third-order valence-electron chi connectivity index (χ3n) is 6.50. The number of anilines is 1. The van der Waals surface area contributed by atoms with E-state index in [2.05, 4.69) is 67.1 Å². The zero-order chi connectivity index (χ0) is 25.8. The molecule has 2 aromatic heterocycles. The fourth-order valence-electron chi connectivity index (χ4n) is 4.40. The van der Waals surface area contributed by atoms with Crippen molar-refractivity contribution < 1.29 is 0 Å². The van der Waals surface area contributed by atoms with E-state index < -0.39 is 0 Å². The highest BCUT2D eigenvalue weighted by molar-refractivity contribution is 7.80. The normalized spacial score (nSPS) is 10.9. The number of thiocarbonyl (C=S) groups is 1. The van der Waals surface area contributed by atoms with Crippen LogP contribution in [-0.2, 0) is 13.1 Å². The zero-order valence-corrected chi connectivity index (χ0v) is 22.1. The Kier molecular flexibility index (Phi) is 7.14. The first-order chi connectivity index (χ1) is 18.0. The van der Waals surface area contributed by atoms with Crippen LogP contribution in [0, 0.1) is 20.8 Å². The second-order valence-corrected chi connectivity index (χ2v) is 9.49. The van der Waals surface area contributed by atoms with E-state index in [1.165, 1.54) is 11.1 Å². The zero-order valence-electron chi connectivity index (χ0n) is 21.3. The molecule has 0 saturated heterocycles. The fourth-order valence-corrected chi connectivity index (χ4v) is 4.58. The number of hydrogen-bond acceptors (Lipinski definition) is 3. The average molecular weight is 507 g/mol. The van der Waals surface area contributed by atoms with Crippen molar-refractivity contribution in [2.75, 3.05) is 5.32 Å². The van der Waals surface area contributed by atoms with Gasteiger partial charge in [-0.1, -0.05) is 72.8 Å². The van der Waals surface area contributed by atoms with Crippen LogP contribution in [0.4, 0.5) is 5.69 Å². The van der Waals surface area contributed by atoms with Gasteiger partial charge in [0.25, 0.3) is 0 Å². The third kappa shape index (κ3) is 5.47. The quantitative estimate of drug-likeness (QED) is 0.258. The summed E-state index contributed by atoms with van der Waals surface area (Å²) in [6, 6.07) is 28.7. The summed E-state index contributed by atoms with van der Waals surface area (Å²) in [5.74, 6) is 0. The van der Waals surface area contributed by atoms with Gasteiger partial charge >= 0.3 is 0 Å². The Labute approximate surface area is 223 Å². The van der Waals surface area contributed by atoms with Gasteiger partial charge in [0.1, 0.15) is 0 Å². The van der Waals surface area contributed by atoms with Gasteiger partial charge in [-0.25, -0.2) is 4.68 Å². The van der Waals surface area contributed by atoms with Gasteiger partial charge < -0.3 is 10.6 Å². The van der Waals surface area contributed by atoms with Crippen molar-refractivity contribution in [1.82, 2.24) is 24.9 Å². The molecule has 0 spiro atoms. The van der Waals surface area contributed by atoms with E-state index in [1.807, 2.05) is 64.8 Å². The lowest BCUT2D eigenvalue weighted by Gasteiger charge is -2.12. The number of nitrogens with one attached hydrogen (secondary N) is 2. The number of nitrogens with zero attached hydrogens (tertiary/aromatic N) is 4. The van der Waals surface area contributed by atoms with E-state index in [0.717, 1.165) is 46.1 Å². The number of hydrogen-bond donors (Lipinski definition) is 2. The predicted molar refractivity (Wildman–Crippen MR) is 154 cm³/mol. The highest BCUT2D eigenvalue weighted by Crippen LogP contribution is 2.24. The maximum atomic E-state index is 5.69. The monoisotopic (exact) mass is 506 g/mol. The van der Waals surface area contributed by atoms with Crippen LogP contribution in [0.3, 0.4) is 0 Å². The van der Waals surface area contributed by atoms with Gasteiger partial charge in [0.2, 0.25) is 0 Å². The Hall–Kier alpha value is -4.23. The van der Waals surface area contributed by atoms with Crippen molar-refractivity contribution in [1.29, 1.82) is 0 Å². The van der Waals surface area contributed by atoms with Crippen LogP contribution in [0.5, 0.6) is 0 Å². The molecule has 0 unspecified atom stereocenters. The number of benzene rings is 3. The second kappa shape index (κ2) is 10.8. The minimum absolute atomic E-state index is 0.540. The average Bonchev–Trinajstić information content (AvgIpc) is 3.46. The molecule has 0 fully saturated rings. The topological polar surface area (TPSA) is 59.7 Å². The van der Waals surface area contributed by atoms with Crippen LogP contribution in [0.25, 0.3) is 16.9 Å². The molecule has 7 heteroatoms. The molecule has 0 amide bonds. The van der Waals surface area contributed by atoms with Crippen molar-refractivity contribution in [3.05, 3.63) is 119 Å². The van der Waals surface area contributed by atoms with Crippen molar-refractivity contribution in [3.8, 4) is 16.9 Å². The fraction of sp³-hybridized carbons (Fsp3) is 0.167. The summed E-state index contributed by atoms with van der Waals surface area (Å²) >= 11 is 5.69. The van der Waals surface area contributed by atoms with Gasteiger partial charge in [0.15, 0.2) is 5.11 Å². The molecular weight excluding hydrogens is 476 g/mol. The Bertz CT molecular complexity index is 1520. The van der Waals surface area contributed by atoms with Gasteiger partial charge in [-0.05, 0) is 56.2 Å². The summed E-state index contributed by atoms with van der Waals surface area (Å²) in [6.45, 7) is 7.46. The van der Waals surface area contributed by atoms with Gasteiger partial charge in [-0.15, -0.1) is 0 Å². The molecule has 6 nitrogen and oxygen atoms in total. The predicted octanol–water partition coefficient (Wildman–Crippen LogP) is 6.20. The van der Waals surface area contributed by atoms with E-state index >= 15 is 0 Å². The SMILES string of the molecule is Cc1ccccc1Cn1nc(C)c(NC(=S)NCc2cn(-c3ccccc3)nc2-c2ccccc2)c1C. The van der Waals surface area contributed by atoms with E-state index in [0.29, 0.717) is 11.7 Å². The maximum absolute atomic E-state index is 5.69. The molecule has 0 atom stereocenters. The highest BCUT2D eigenvalue weighted by Gasteiger charge is 2.16. The third-order valence-corrected chi connectivity index (χ3v) is 6.75. The molecule has 5 aromatic rings. The molecule has 0 saturated carbocycles. The van der Waals surface area contributed by atoms with Gasteiger partial charge in [-0.3, -0.25) is 4.68 Å². The number of aromatic nitrogens is 4. The molecule has 186 valence electrons. The summed E-state index contributed by atoms with van der Waals surface area (Å²) in [5.41, 5.74) is 9.48. The summed E-state index contributed by atoms with van der Waals surface area (Å²) < 4.78 is 3.94. The second-order valence-electron chi connectivity index (χ2n) is 9.09. The lowest BCUT2D eigenvalue weighted by Crippen LogP contribution is -2.28. The largest absolute Gasteiger partial charge is 0.358 e. The Morgan fingerprint density at radius 2 is 1.49 bits per heavy atom. The standard InChI is InChI=1S/C30H30N6S/c1-21-12-10-11-15-25(21)19-35-23(3)28(22(2)33-35)32-30(37)31-18-26-20-36(27-16-8-5-9-17-27)34-29(26)24-13-6-4-7-14-24/h4-17,20H,18-19H2,1-3H3,(H2,31,32,37). The summed E-state index contributed by atoms with van der Waals surface area (Å²) in [5, 5.41) is 17.0. The van der Waals surface area contributed by atoms with Gasteiger partial charge in [-0.2, -0.15) is 10.2 Å². The first-order valence-electron chi connectivity index (χ1n) is 12.3. The van der Waals surface area contributed by atoms with Crippen LogP contribution in [0.15, 0.2) is 91.1 Å². The molecule has 0 aliphatic heterocycles.